The number of anilines is 1. The average Bonchev–Trinajstić information content (AvgIpc) is 2.63. The molecule has 1 atom stereocenters. The van der Waals surface area contributed by atoms with Crippen LogP contribution in [0.3, 0.4) is 0 Å². The van der Waals surface area contributed by atoms with Crippen LogP contribution in [0.4, 0.5) is 5.69 Å². The number of nitrogens with two attached hydrogens (primary N) is 1. The van der Waals surface area contributed by atoms with Gasteiger partial charge in [0.2, 0.25) is 11.8 Å². The largest absolute Gasteiger partial charge is 0.370 e. The number of primary amides is 1. The minimum atomic E-state index is -0.495. The number of hydrogen-bond donors (Lipinski definition) is 3. The molecule has 0 aliphatic carbocycles. The van der Waals surface area contributed by atoms with Crippen molar-refractivity contribution in [2.24, 2.45) is 5.73 Å². The highest BCUT2D eigenvalue weighted by Gasteiger charge is 2.18. The molecule has 6 nitrogen and oxygen atoms in total. The summed E-state index contributed by atoms with van der Waals surface area (Å²) in [6, 6.07) is 13.9. The maximum absolute atomic E-state index is 12.5. The molecule has 2 aromatic carbocycles. The zero-order valence-corrected chi connectivity index (χ0v) is 16.3. The summed E-state index contributed by atoms with van der Waals surface area (Å²) in [5.41, 5.74) is 5.78. The van der Waals surface area contributed by atoms with E-state index in [1.807, 2.05) is 12.1 Å². The molecule has 0 saturated heterocycles. The highest BCUT2D eigenvalue weighted by atomic mass is 35.5. The van der Waals surface area contributed by atoms with Crippen LogP contribution in [-0.2, 0) is 9.59 Å². The van der Waals surface area contributed by atoms with Gasteiger partial charge in [0.1, 0.15) is 0 Å². The predicted octanol–water partition coefficient (Wildman–Crippen LogP) is 3.06. The fourth-order valence-corrected chi connectivity index (χ4v) is 3.18. The van der Waals surface area contributed by atoms with Crippen LogP contribution in [0.1, 0.15) is 23.7 Å². The standard InChI is InChI=1S/C19H20ClN3O3S/c1-12(27-14-8-6-13(20)7-9-14)18(25)23-16-5-3-2-4-15(16)19(26)22-11-10-17(21)24/h2-9,12H,10-11H2,1H3,(H2,21,24)(H,22,26)(H,23,25). The van der Waals surface area contributed by atoms with Gasteiger partial charge in [-0.25, -0.2) is 0 Å². The molecule has 3 amide bonds. The summed E-state index contributed by atoms with van der Waals surface area (Å²) in [5, 5.41) is 5.65. The van der Waals surface area contributed by atoms with Crippen LogP contribution >= 0.6 is 23.4 Å². The number of hydrogen-bond acceptors (Lipinski definition) is 4. The molecule has 0 aliphatic rings. The molecule has 4 N–H and O–H groups in total. The molecular weight excluding hydrogens is 386 g/mol. The van der Waals surface area contributed by atoms with Crippen molar-refractivity contribution in [1.82, 2.24) is 5.32 Å². The quantitative estimate of drug-likeness (QED) is 0.587. The van der Waals surface area contributed by atoms with Gasteiger partial charge < -0.3 is 16.4 Å². The van der Waals surface area contributed by atoms with E-state index in [1.54, 1.807) is 43.3 Å². The topological polar surface area (TPSA) is 101 Å². The number of para-hydroxylation sites is 1. The second-order valence-corrected chi connectivity index (χ2v) is 7.57. The number of amides is 3. The summed E-state index contributed by atoms with van der Waals surface area (Å²) in [6.07, 6.45) is 0.0506. The van der Waals surface area contributed by atoms with E-state index >= 15 is 0 Å². The van der Waals surface area contributed by atoms with Crippen molar-refractivity contribution in [2.75, 3.05) is 11.9 Å². The normalized spacial score (nSPS) is 11.5. The first kappa shape index (κ1) is 20.8. The van der Waals surface area contributed by atoms with Crippen LogP contribution in [0.2, 0.25) is 5.02 Å². The van der Waals surface area contributed by atoms with E-state index in [9.17, 15) is 14.4 Å². The third kappa shape index (κ3) is 6.62. The molecule has 0 radical (unpaired) electrons. The molecule has 2 rings (SSSR count). The molecule has 142 valence electrons. The Morgan fingerprint density at radius 1 is 1.11 bits per heavy atom. The molecule has 0 aliphatic heterocycles. The highest BCUT2D eigenvalue weighted by Crippen LogP contribution is 2.26. The zero-order chi connectivity index (χ0) is 19.8. The summed E-state index contributed by atoms with van der Waals surface area (Å²) in [4.78, 5) is 36.5. The van der Waals surface area contributed by atoms with Gasteiger partial charge in [-0.15, -0.1) is 11.8 Å². The van der Waals surface area contributed by atoms with E-state index in [0.717, 1.165) is 4.90 Å². The second kappa shape index (κ2) is 9.99. The molecular formula is C19H20ClN3O3S. The summed E-state index contributed by atoms with van der Waals surface area (Å²) in [6.45, 7) is 1.92. The SMILES string of the molecule is CC(Sc1ccc(Cl)cc1)C(=O)Nc1ccccc1C(=O)NCCC(N)=O. The van der Waals surface area contributed by atoms with Crippen LogP contribution in [0.25, 0.3) is 0 Å². The van der Waals surface area contributed by atoms with E-state index < -0.39 is 5.91 Å². The van der Waals surface area contributed by atoms with Crippen LogP contribution in [0.5, 0.6) is 0 Å². The molecule has 8 heteroatoms. The summed E-state index contributed by atoms with van der Waals surface area (Å²) in [5.74, 6) is -1.11. The molecule has 0 spiro atoms. The van der Waals surface area contributed by atoms with Crippen molar-refractivity contribution in [3.8, 4) is 0 Å². The maximum atomic E-state index is 12.5. The zero-order valence-electron chi connectivity index (χ0n) is 14.7. The number of nitrogens with one attached hydrogen (secondary N) is 2. The number of rotatable bonds is 8. The Kier molecular flexibility index (Phi) is 7.69. The summed E-state index contributed by atoms with van der Waals surface area (Å²) in [7, 11) is 0. The Hall–Kier alpha value is -2.51. The number of thioether (sulfide) groups is 1. The molecule has 0 aromatic heterocycles. The molecule has 0 heterocycles. The molecule has 0 saturated carbocycles. The number of carbonyl (C=O) groups excluding carboxylic acids is 3. The van der Waals surface area contributed by atoms with Crippen LogP contribution in [0.15, 0.2) is 53.4 Å². The molecule has 2 aromatic rings. The molecule has 1 unspecified atom stereocenters. The first-order valence-corrected chi connectivity index (χ1v) is 9.51. The summed E-state index contributed by atoms with van der Waals surface area (Å²) >= 11 is 7.25. The van der Waals surface area contributed by atoms with Crippen LogP contribution in [-0.4, -0.2) is 29.5 Å². The van der Waals surface area contributed by atoms with Gasteiger partial charge in [0.25, 0.3) is 5.91 Å². The van der Waals surface area contributed by atoms with E-state index in [1.165, 1.54) is 11.8 Å². The van der Waals surface area contributed by atoms with E-state index in [2.05, 4.69) is 10.6 Å². The Bertz CT molecular complexity index is 827. The van der Waals surface area contributed by atoms with Crippen molar-refractivity contribution >= 4 is 46.8 Å². The third-order valence-corrected chi connectivity index (χ3v) is 4.95. The van der Waals surface area contributed by atoms with Gasteiger partial charge in [-0.3, -0.25) is 14.4 Å². The van der Waals surface area contributed by atoms with Gasteiger partial charge in [-0.2, -0.15) is 0 Å². The highest BCUT2D eigenvalue weighted by molar-refractivity contribution is 8.00. The second-order valence-electron chi connectivity index (χ2n) is 5.72. The molecule has 0 bridgehead atoms. The Morgan fingerprint density at radius 3 is 2.44 bits per heavy atom. The fourth-order valence-electron chi connectivity index (χ4n) is 2.19. The maximum Gasteiger partial charge on any atom is 0.253 e. The lowest BCUT2D eigenvalue weighted by molar-refractivity contribution is -0.118. The first-order chi connectivity index (χ1) is 12.9. The van der Waals surface area contributed by atoms with Crippen LogP contribution in [0, 0.1) is 0 Å². The lowest BCUT2D eigenvalue weighted by Crippen LogP contribution is -2.29. The van der Waals surface area contributed by atoms with E-state index in [-0.39, 0.29) is 30.0 Å². The van der Waals surface area contributed by atoms with Crippen molar-refractivity contribution < 1.29 is 14.4 Å². The van der Waals surface area contributed by atoms with Gasteiger partial charge in [-0.05, 0) is 43.3 Å². The van der Waals surface area contributed by atoms with Crippen molar-refractivity contribution in [1.29, 1.82) is 0 Å². The lowest BCUT2D eigenvalue weighted by Gasteiger charge is -2.15. The Morgan fingerprint density at radius 2 is 1.78 bits per heavy atom. The molecule has 0 fully saturated rings. The van der Waals surface area contributed by atoms with Crippen molar-refractivity contribution in [2.45, 2.75) is 23.5 Å². The molecule has 27 heavy (non-hydrogen) atoms. The number of halogens is 1. The smallest absolute Gasteiger partial charge is 0.253 e. The fraction of sp³-hybridized carbons (Fsp3) is 0.211. The third-order valence-electron chi connectivity index (χ3n) is 3.58. The van der Waals surface area contributed by atoms with Gasteiger partial charge in [0.05, 0.1) is 16.5 Å². The van der Waals surface area contributed by atoms with Gasteiger partial charge in [-0.1, -0.05) is 23.7 Å². The monoisotopic (exact) mass is 405 g/mol. The Labute approximate surface area is 166 Å². The van der Waals surface area contributed by atoms with Gasteiger partial charge in [0.15, 0.2) is 0 Å². The van der Waals surface area contributed by atoms with Gasteiger partial charge >= 0.3 is 0 Å². The Balaban J connectivity index is 2.01. The van der Waals surface area contributed by atoms with E-state index in [0.29, 0.717) is 16.3 Å². The van der Waals surface area contributed by atoms with E-state index in [4.69, 9.17) is 17.3 Å². The number of carbonyl (C=O) groups is 3. The minimum absolute atomic E-state index is 0.0506. The number of benzene rings is 2. The predicted molar refractivity (Wildman–Crippen MR) is 108 cm³/mol. The van der Waals surface area contributed by atoms with Crippen LogP contribution < -0.4 is 16.4 Å². The summed E-state index contributed by atoms with van der Waals surface area (Å²) < 4.78 is 0. The first-order valence-electron chi connectivity index (χ1n) is 8.25. The lowest BCUT2D eigenvalue weighted by atomic mass is 10.1. The van der Waals surface area contributed by atoms with Gasteiger partial charge in [0, 0.05) is 22.9 Å². The van der Waals surface area contributed by atoms with Crippen molar-refractivity contribution in [3.05, 3.63) is 59.1 Å². The minimum Gasteiger partial charge on any atom is -0.370 e. The van der Waals surface area contributed by atoms with Crippen molar-refractivity contribution in [3.63, 3.8) is 0 Å². The average molecular weight is 406 g/mol.